The second kappa shape index (κ2) is 4.80. The van der Waals surface area contributed by atoms with Crippen LogP contribution in [0.4, 0.5) is 4.39 Å². The lowest BCUT2D eigenvalue weighted by Crippen LogP contribution is -2.04. The molecule has 1 rings (SSSR count). The van der Waals surface area contributed by atoms with Crippen LogP contribution in [-0.4, -0.2) is 18.6 Å². The first kappa shape index (κ1) is 9.97. The highest BCUT2D eigenvalue weighted by Gasteiger charge is 1.99. The maximum absolute atomic E-state index is 12.8. The van der Waals surface area contributed by atoms with Gasteiger partial charge in [0.2, 0.25) is 0 Å². The van der Waals surface area contributed by atoms with Crippen LogP contribution in [0.1, 0.15) is 5.56 Å². The molecule has 1 aromatic rings. The van der Waals surface area contributed by atoms with Crippen molar-refractivity contribution in [3.8, 4) is 11.8 Å². The zero-order chi connectivity index (χ0) is 9.68. The van der Waals surface area contributed by atoms with Gasteiger partial charge in [0.1, 0.15) is 0 Å². The summed E-state index contributed by atoms with van der Waals surface area (Å²) in [5, 5.41) is 2.72. The van der Waals surface area contributed by atoms with Gasteiger partial charge in [0.05, 0.1) is 6.54 Å². The molecule has 0 saturated carbocycles. The number of halogens is 2. The van der Waals surface area contributed by atoms with E-state index in [2.05, 4.69) is 22.1 Å². The van der Waals surface area contributed by atoms with E-state index in [1.165, 1.54) is 12.3 Å². The number of nitrogens with one attached hydrogen (secondary N) is 1. The molecule has 0 unspecified atom stereocenters. The average Bonchev–Trinajstić information content (AvgIpc) is 2.12. The zero-order valence-corrected chi connectivity index (χ0v) is 7.82. The number of aromatic nitrogens is 1. The number of pyridine rings is 1. The van der Waals surface area contributed by atoms with E-state index in [0.717, 1.165) is 0 Å². The SMILES string of the molecule is CNCC#Cc1cnc(Cl)c(F)c1. The van der Waals surface area contributed by atoms with Gasteiger partial charge in [0.25, 0.3) is 0 Å². The van der Waals surface area contributed by atoms with Gasteiger partial charge in [0, 0.05) is 11.8 Å². The topological polar surface area (TPSA) is 24.9 Å². The summed E-state index contributed by atoms with van der Waals surface area (Å²) in [5.74, 6) is 4.98. The third-order valence-corrected chi connectivity index (χ3v) is 1.57. The molecular weight excluding hydrogens is 191 g/mol. The number of nitrogens with zero attached hydrogens (tertiary/aromatic N) is 1. The molecule has 68 valence electrons. The molecule has 0 atom stereocenters. The number of hydrogen-bond acceptors (Lipinski definition) is 2. The van der Waals surface area contributed by atoms with Crippen molar-refractivity contribution < 1.29 is 4.39 Å². The molecule has 0 saturated heterocycles. The van der Waals surface area contributed by atoms with Crippen LogP contribution in [0, 0.1) is 17.7 Å². The van der Waals surface area contributed by atoms with Gasteiger partial charge in [-0.2, -0.15) is 0 Å². The van der Waals surface area contributed by atoms with E-state index in [0.29, 0.717) is 12.1 Å². The Kier molecular flexibility index (Phi) is 3.69. The smallest absolute Gasteiger partial charge is 0.164 e. The van der Waals surface area contributed by atoms with Crippen molar-refractivity contribution in [2.24, 2.45) is 0 Å². The highest BCUT2D eigenvalue weighted by atomic mass is 35.5. The van der Waals surface area contributed by atoms with E-state index in [9.17, 15) is 4.39 Å². The van der Waals surface area contributed by atoms with E-state index in [1.54, 1.807) is 7.05 Å². The van der Waals surface area contributed by atoms with E-state index in [-0.39, 0.29) is 5.15 Å². The summed E-state index contributed by atoms with van der Waals surface area (Å²) in [5.41, 5.74) is 0.525. The quantitative estimate of drug-likeness (QED) is 0.546. The molecule has 13 heavy (non-hydrogen) atoms. The molecule has 1 N–H and O–H groups in total. The zero-order valence-electron chi connectivity index (χ0n) is 7.06. The summed E-state index contributed by atoms with van der Waals surface area (Å²) >= 11 is 5.40. The minimum atomic E-state index is -0.544. The number of rotatable bonds is 1. The fraction of sp³-hybridized carbons (Fsp3) is 0.222. The molecule has 0 amide bonds. The molecule has 0 spiro atoms. The molecular formula is C9H8ClFN2. The Morgan fingerprint density at radius 1 is 1.69 bits per heavy atom. The molecule has 0 fully saturated rings. The van der Waals surface area contributed by atoms with E-state index in [4.69, 9.17) is 11.6 Å². The van der Waals surface area contributed by atoms with Crippen LogP contribution in [0.3, 0.4) is 0 Å². The van der Waals surface area contributed by atoms with Crippen molar-refractivity contribution in [2.45, 2.75) is 0 Å². The highest BCUT2D eigenvalue weighted by Crippen LogP contribution is 2.10. The third kappa shape index (κ3) is 3.02. The standard InChI is InChI=1S/C9H8ClFN2/c1-12-4-2-3-7-5-8(11)9(10)13-6-7/h5-6,12H,4H2,1H3. The summed E-state index contributed by atoms with van der Waals surface area (Å²) in [7, 11) is 1.79. The van der Waals surface area contributed by atoms with Gasteiger partial charge in [-0.25, -0.2) is 9.37 Å². The van der Waals surface area contributed by atoms with E-state index < -0.39 is 5.82 Å². The molecule has 4 heteroatoms. The second-order valence-corrected chi connectivity index (χ2v) is 2.69. The van der Waals surface area contributed by atoms with E-state index in [1.807, 2.05) is 0 Å². The third-order valence-electron chi connectivity index (χ3n) is 1.29. The van der Waals surface area contributed by atoms with Crippen molar-refractivity contribution in [3.05, 3.63) is 28.8 Å². The Morgan fingerprint density at radius 3 is 3.08 bits per heavy atom. The predicted molar refractivity (Wildman–Crippen MR) is 50.0 cm³/mol. The van der Waals surface area contributed by atoms with Crippen LogP contribution in [0.25, 0.3) is 0 Å². The van der Waals surface area contributed by atoms with Crippen LogP contribution < -0.4 is 5.32 Å². The van der Waals surface area contributed by atoms with Gasteiger partial charge in [-0.3, -0.25) is 0 Å². The fourth-order valence-electron chi connectivity index (χ4n) is 0.724. The molecule has 0 radical (unpaired) electrons. The first-order chi connectivity index (χ1) is 6.24. The molecule has 0 bridgehead atoms. The summed E-state index contributed by atoms with van der Waals surface area (Å²) in [6, 6.07) is 1.26. The van der Waals surface area contributed by atoms with Gasteiger partial charge in [-0.05, 0) is 13.1 Å². The van der Waals surface area contributed by atoms with Crippen LogP contribution >= 0.6 is 11.6 Å². The second-order valence-electron chi connectivity index (χ2n) is 2.33. The average molecular weight is 199 g/mol. The lowest BCUT2D eigenvalue weighted by Gasteiger charge is -1.92. The molecule has 0 aliphatic carbocycles. The molecule has 0 aromatic carbocycles. The maximum atomic E-state index is 12.8. The number of hydrogen-bond donors (Lipinski definition) is 1. The van der Waals surface area contributed by atoms with Crippen molar-refractivity contribution >= 4 is 11.6 Å². The van der Waals surface area contributed by atoms with Crippen molar-refractivity contribution in [3.63, 3.8) is 0 Å². The van der Waals surface area contributed by atoms with Crippen LogP contribution in [0.15, 0.2) is 12.3 Å². The summed E-state index contributed by atoms with van der Waals surface area (Å²) in [4.78, 5) is 3.62. The molecule has 0 aliphatic heterocycles. The van der Waals surface area contributed by atoms with Crippen molar-refractivity contribution in [1.29, 1.82) is 0 Å². The fourth-order valence-corrected chi connectivity index (χ4v) is 0.828. The Bertz CT molecular complexity index is 354. The maximum Gasteiger partial charge on any atom is 0.164 e. The minimum absolute atomic E-state index is 0.126. The van der Waals surface area contributed by atoms with Crippen LogP contribution in [0.2, 0.25) is 5.15 Å². The summed E-state index contributed by atoms with van der Waals surface area (Å²) in [6.07, 6.45) is 1.44. The van der Waals surface area contributed by atoms with Gasteiger partial charge < -0.3 is 5.32 Å². The molecule has 1 aromatic heterocycles. The molecule has 2 nitrogen and oxygen atoms in total. The summed E-state index contributed by atoms with van der Waals surface area (Å²) < 4.78 is 12.8. The Hall–Kier alpha value is -1.11. The van der Waals surface area contributed by atoms with Crippen LogP contribution in [0.5, 0.6) is 0 Å². The highest BCUT2D eigenvalue weighted by molar-refractivity contribution is 6.29. The van der Waals surface area contributed by atoms with Crippen molar-refractivity contribution in [1.82, 2.24) is 10.3 Å². The molecule has 1 heterocycles. The van der Waals surface area contributed by atoms with Crippen LogP contribution in [-0.2, 0) is 0 Å². The van der Waals surface area contributed by atoms with Gasteiger partial charge in [-0.1, -0.05) is 23.4 Å². The Morgan fingerprint density at radius 2 is 2.46 bits per heavy atom. The lowest BCUT2D eigenvalue weighted by atomic mass is 10.3. The van der Waals surface area contributed by atoms with Gasteiger partial charge in [0.15, 0.2) is 11.0 Å². The normalized spacial score (nSPS) is 9.15. The van der Waals surface area contributed by atoms with Gasteiger partial charge >= 0.3 is 0 Å². The predicted octanol–water partition coefficient (Wildman–Crippen LogP) is 1.45. The van der Waals surface area contributed by atoms with E-state index >= 15 is 0 Å². The van der Waals surface area contributed by atoms with Gasteiger partial charge in [-0.15, -0.1) is 0 Å². The Labute approximate surface area is 81.1 Å². The first-order valence-electron chi connectivity index (χ1n) is 3.68. The first-order valence-corrected chi connectivity index (χ1v) is 4.06. The largest absolute Gasteiger partial charge is 0.309 e. The molecule has 0 aliphatic rings. The monoisotopic (exact) mass is 198 g/mol. The van der Waals surface area contributed by atoms with Crippen molar-refractivity contribution in [2.75, 3.05) is 13.6 Å². The minimum Gasteiger partial charge on any atom is -0.309 e. The summed E-state index contributed by atoms with van der Waals surface area (Å²) in [6.45, 7) is 0.560. The Balaban J connectivity index is 2.81. The lowest BCUT2D eigenvalue weighted by molar-refractivity contribution is 0.621.